The Morgan fingerprint density at radius 1 is 1.15 bits per heavy atom. The molecule has 0 atom stereocenters. The molecule has 0 radical (unpaired) electrons. The molecule has 13 heavy (non-hydrogen) atoms. The molecule has 1 rings (SSSR count). The molecule has 0 bridgehead atoms. The third kappa shape index (κ3) is 2.91. The van der Waals surface area contributed by atoms with Crippen LogP contribution in [0.2, 0.25) is 0 Å². The van der Waals surface area contributed by atoms with Gasteiger partial charge in [-0.1, -0.05) is 0 Å². The number of anilines is 2. The maximum Gasteiger partial charge on any atom is 0.225 e. The highest BCUT2D eigenvalue weighted by Crippen LogP contribution is 2.02. The Kier molecular flexibility index (Phi) is 2.97. The van der Waals surface area contributed by atoms with Crippen LogP contribution in [-0.2, 0) is 6.42 Å². The van der Waals surface area contributed by atoms with E-state index in [-0.39, 0.29) is 11.9 Å². The molecule has 1 heterocycles. The van der Waals surface area contributed by atoms with Crippen LogP contribution in [0.25, 0.3) is 0 Å². The Morgan fingerprint density at radius 3 is 2.31 bits per heavy atom. The first-order chi connectivity index (χ1) is 6.22. The second-order valence-corrected chi connectivity index (χ2v) is 2.48. The molecule has 0 spiro atoms. The maximum atomic E-state index is 8.30. The van der Waals surface area contributed by atoms with E-state index in [0.29, 0.717) is 25.1 Å². The number of aromatic nitrogens is 3. The Bertz CT molecular complexity index is 308. The fourth-order valence-electron chi connectivity index (χ4n) is 0.894. The predicted octanol–water partition coefficient (Wildman–Crippen LogP) is -0.118. The number of nitrogens with zero attached hydrogens (tertiary/aromatic N) is 4. The second kappa shape index (κ2) is 4.21. The Balaban J connectivity index is 2.62. The van der Waals surface area contributed by atoms with Crippen LogP contribution in [0.3, 0.4) is 0 Å². The number of aryl methyl sites for hydroxylation is 1. The van der Waals surface area contributed by atoms with Gasteiger partial charge >= 0.3 is 0 Å². The largest absolute Gasteiger partial charge is 0.368 e. The van der Waals surface area contributed by atoms with Crippen molar-refractivity contribution in [2.45, 2.75) is 19.3 Å². The van der Waals surface area contributed by atoms with E-state index in [0.717, 1.165) is 0 Å². The van der Waals surface area contributed by atoms with Crippen LogP contribution < -0.4 is 11.5 Å². The molecule has 6 heteroatoms. The van der Waals surface area contributed by atoms with Crippen LogP contribution in [0.5, 0.6) is 0 Å². The van der Waals surface area contributed by atoms with Crippen LogP contribution in [-0.4, -0.2) is 15.0 Å². The van der Waals surface area contributed by atoms with Crippen LogP contribution in [0.1, 0.15) is 18.7 Å². The zero-order valence-corrected chi connectivity index (χ0v) is 7.06. The third-order valence-electron chi connectivity index (χ3n) is 1.41. The molecule has 0 amide bonds. The van der Waals surface area contributed by atoms with Gasteiger partial charge in [-0.3, -0.25) is 0 Å². The lowest BCUT2D eigenvalue weighted by Crippen LogP contribution is -2.06. The molecule has 0 aliphatic heterocycles. The topological polar surface area (TPSA) is 114 Å². The lowest BCUT2D eigenvalue weighted by Gasteiger charge is -1.99. The molecule has 0 aromatic carbocycles. The van der Waals surface area contributed by atoms with Crippen molar-refractivity contribution in [1.82, 2.24) is 15.0 Å². The Labute approximate surface area is 75.6 Å². The van der Waals surface area contributed by atoms with Gasteiger partial charge in [0.2, 0.25) is 11.9 Å². The molecule has 4 N–H and O–H groups in total. The number of hydrogen-bond acceptors (Lipinski definition) is 6. The van der Waals surface area contributed by atoms with Gasteiger partial charge in [-0.2, -0.15) is 20.2 Å². The summed E-state index contributed by atoms with van der Waals surface area (Å²) >= 11 is 0. The molecule has 0 saturated carbocycles. The standard InChI is InChI=1S/C7H10N6/c8-4-2-1-3-5-11-6(9)13-7(10)12-5/h1-3H2,(H4,9,10,11,12,13). The molecular formula is C7H10N6. The summed E-state index contributed by atoms with van der Waals surface area (Å²) in [7, 11) is 0. The van der Waals surface area contributed by atoms with E-state index in [1.165, 1.54) is 0 Å². The van der Waals surface area contributed by atoms with Gasteiger partial charge in [-0.05, 0) is 6.42 Å². The Hall–Kier alpha value is -1.90. The SMILES string of the molecule is N#CCCCc1nc(N)nc(N)n1. The average molecular weight is 178 g/mol. The van der Waals surface area contributed by atoms with Crippen LogP contribution >= 0.6 is 0 Å². The fourth-order valence-corrected chi connectivity index (χ4v) is 0.894. The molecule has 0 aliphatic rings. The van der Waals surface area contributed by atoms with Crippen molar-refractivity contribution in [2.75, 3.05) is 11.5 Å². The first-order valence-electron chi connectivity index (χ1n) is 3.85. The van der Waals surface area contributed by atoms with Crippen LogP contribution in [0, 0.1) is 11.3 Å². The first kappa shape index (κ1) is 9.19. The van der Waals surface area contributed by atoms with Gasteiger partial charge in [0.1, 0.15) is 5.82 Å². The summed E-state index contributed by atoms with van der Waals surface area (Å²) in [4.78, 5) is 11.4. The van der Waals surface area contributed by atoms with Crippen molar-refractivity contribution in [3.63, 3.8) is 0 Å². The van der Waals surface area contributed by atoms with Crippen LogP contribution in [0.4, 0.5) is 11.9 Å². The number of nitrogens with two attached hydrogens (primary N) is 2. The highest BCUT2D eigenvalue weighted by Gasteiger charge is 2.00. The lowest BCUT2D eigenvalue weighted by molar-refractivity contribution is 0.786. The van der Waals surface area contributed by atoms with E-state index in [1.54, 1.807) is 0 Å². The van der Waals surface area contributed by atoms with E-state index >= 15 is 0 Å². The summed E-state index contributed by atoms with van der Waals surface area (Å²) < 4.78 is 0. The minimum Gasteiger partial charge on any atom is -0.368 e. The maximum absolute atomic E-state index is 8.30. The molecule has 0 fully saturated rings. The summed E-state index contributed by atoms with van der Waals surface area (Å²) in [5, 5.41) is 8.30. The molecule has 68 valence electrons. The molecular weight excluding hydrogens is 168 g/mol. The number of rotatable bonds is 3. The molecule has 1 aromatic heterocycles. The van der Waals surface area contributed by atoms with Gasteiger partial charge in [0.15, 0.2) is 0 Å². The van der Waals surface area contributed by atoms with E-state index < -0.39 is 0 Å². The summed E-state index contributed by atoms with van der Waals surface area (Å²) in [6.07, 6.45) is 1.79. The molecule has 6 nitrogen and oxygen atoms in total. The van der Waals surface area contributed by atoms with Gasteiger partial charge in [-0.25, -0.2) is 0 Å². The van der Waals surface area contributed by atoms with Gasteiger partial charge < -0.3 is 11.5 Å². The zero-order valence-electron chi connectivity index (χ0n) is 7.06. The van der Waals surface area contributed by atoms with E-state index in [4.69, 9.17) is 16.7 Å². The summed E-state index contributed by atoms with van der Waals surface area (Å²) in [5.74, 6) is 0.791. The molecule has 1 aromatic rings. The van der Waals surface area contributed by atoms with Gasteiger partial charge in [0.05, 0.1) is 6.07 Å². The van der Waals surface area contributed by atoms with Crippen molar-refractivity contribution in [1.29, 1.82) is 5.26 Å². The van der Waals surface area contributed by atoms with Crippen molar-refractivity contribution in [2.24, 2.45) is 0 Å². The van der Waals surface area contributed by atoms with Crippen LogP contribution in [0.15, 0.2) is 0 Å². The third-order valence-corrected chi connectivity index (χ3v) is 1.41. The second-order valence-electron chi connectivity index (χ2n) is 2.48. The van der Waals surface area contributed by atoms with Crippen molar-refractivity contribution in [3.05, 3.63) is 5.82 Å². The Morgan fingerprint density at radius 2 is 1.77 bits per heavy atom. The summed E-state index contributed by atoms with van der Waals surface area (Å²) in [5.41, 5.74) is 10.7. The monoisotopic (exact) mass is 178 g/mol. The van der Waals surface area contributed by atoms with Crippen molar-refractivity contribution < 1.29 is 0 Å². The fraction of sp³-hybridized carbons (Fsp3) is 0.429. The van der Waals surface area contributed by atoms with E-state index in [9.17, 15) is 0 Å². The van der Waals surface area contributed by atoms with E-state index in [2.05, 4.69) is 15.0 Å². The molecule has 0 saturated heterocycles. The van der Waals surface area contributed by atoms with Gasteiger partial charge in [0, 0.05) is 12.8 Å². The normalized spacial score (nSPS) is 9.46. The number of nitrogen functional groups attached to an aromatic ring is 2. The number of nitriles is 1. The summed E-state index contributed by atoms with van der Waals surface area (Å²) in [6, 6.07) is 2.03. The minimum atomic E-state index is 0.124. The highest BCUT2D eigenvalue weighted by molar-refractivity contribution is 5.25. The zero-order chi connectivity index (χ0) is 9.68. The highest BCUT2D eigenvalue weighted by atomic mass is 15.1. The first-order valence-corrected chi connectivity index (χ1v) is 3.85. The smallest absolute Gasteiger partial charge is 0.225 e. The molecule has 0 unspecified atom stereocenters. The van der Waals surface area contributed by atoms with Gasteiger partial charge in [-0.15, -0.1) is 0 Å². The predicted molar refractivity (Wildman–Crippen MR) is 47.2 cm³/mol. The number of unbranched alkanes of at least 4 members (excludes halogenated alkanes) is 1. The average Bonchev–Trinajstić information content (AvgIpc) is 2.03. The quantitative estimate of drug-likeness (QED) is 0.623. The van der Waals surface area contributed by atoms with Gasteiger partial charge in [0.25, 0.3) is 0 Å². The van der Waals surface area contributed by atoms with Crippen molar-refractivity contribution in [3.8, 4) is 6.07 Å². The summed E-state index contributed by atoms with van der Waals surface area (Å²) in [6.45, 7) is 0. The lowest BCUT2D eigenvalue weighted by atomic mass is 10.2. The van der Waals surface area contributed by atoms with Crippen molar-refractivity contribution >= 4 is 11.9 Å². The minimum absolute atomic E-state index is 0.124. The van der Waals surface area contributed by atoms with E-state index in [1.807, 2.05) is 6.07 Å². The molecule has 0 aliphatic carbocycles. The number of hydrogen-bond donors (Lipinski definition) is 2.